The molecule has 0 radical (unpaired) electrons. The van der Waals surface area contributed by atoms with Crippen molar-refractivity contribution in [3.05, 3.63) is 46.4 Å². The summed E-state index contributed by atoms with van der Waals surface area (Å²) in [5.74, 6) is 0.553. The number of carbonyl (C=O) groups excluding carboxylic acids is 1. The van der Waals surface area contributed by atoms with Crippen molar-refractivity contribution in [2.75, 3.05) is 25.2 Å². The SMILES string of the molecule is CNC(=O)c1ccc(N)c(Nc2cc(Br)cc(OC)c2)c1. The Hall–Kier alpha value is -2.21. The third-order valence-corrected chi connectivity index (χ3v) is 3.39. The van der Waals surface area contributed by atoms with Gasteiger partial charge < -0.3 is 21.1 Å². The predicted octanol–water partition coefficient (Wildman–Crippen LogP) is 3.14. The van der Waals surface area contributed by atoms with Crippen LogP contribution in [0.5, 0.6) is 5.75 Å². The van der Waals surface area contributed by atoms with Gasteiger partial charge in [-0.15, -0.1) is 0 Å². The number of methoxy groups -OCH3 is 1. The number of hydrogen-bond acceptors (Lipinski definition) is 4. The average Bonchev–Trinajstić information content (AvgIpc) is 2.48. The van der Waals surface area contributed by atoms with Crippen molar-refractivity contribution in [3.8, 4) is 5.75 Å². The number of nitrogen functional groups attached to an aromatic ring is 1. The first kappa shape index (κ1) is 15.2. The van der Waals surface area contributed by atoms with E-state index in [1.54, 1.807) is 32.4 Å². The minimum atomic E-state index is -0.162. The van der Waals surface area contributed by atoms with Crippen LogP contribution in [0.4, 0.5) is 17.1 Å². The van der Waals surface area contributed by atoms with Gasteiger partial charge in [0.2, 0.25) is 0 Å². The van der Waals surface area contributed by atoms with Gasteiger partial charge >= 0.3 is 0 Å². The number of benzene rings is 2. The first-order chi connectivity index (χ1) is 10.0. The van der Waals surface area contributed by atoms with Crippen LogP contribution in [0.1, 0.15) is 10.4 Å². The lowest BCUT2D eigenvalue weighted by Gasteiger charge is -2.12. The van der Waals surface area contributed by atoms with Crippen LogP contribution in [0.2, 0.25) is 0 Å². The maximum absolute atomic E-state index is 11.7. The van der Waals surface area contributed by atoms with Crippen LogP contribution in [0.15, 0.2) is 40.9 Å². The fourth-order valence-electron chi connectivity index (χ4n) is 1.86. The van der Waals surface area contributed by atoms with E-state index in [4.69, 9.17) is 10.5 Å². The second-order valence-electron chi connectivity index (χ2n) is 4.39. The lowest BCUT2D eigenvalue weighted by atomic mass is 10.1. The Morgan fingerprint density at radius 1 is 1.24 bits per heavy atom. The van der Waals surface area contributed by atoms with E-state index in [0.29, 0.717) is 22.7 Å². The van der Waals surface area contributed by atoms with E-state index in [-0.39, 0.29) is 5.91 Å². The van der Waals surface area contributed by atoms with E-state index in [9.17, 15) is 4.79 Å². The number of anilines is 3. The first-order valence-electron chi connectivity index (χ1n) is 6.26. The molecule has 2 aromatic carbocycles. The molecule has 4 N–H and O–H groups in total. The van der Waals surface area contributed by atoms with Crippen LogP contribution >= 0.6 is 15.9 Å². The fourth-order valence-corrected chi connectivity index (χ4v) is 2.33. The zero-order chi connectivity index (χ0) is 15.4. The molecule has 110 valence electrons. The lowest BCUT2D eigenvalue weighted by molar-refractivity contribution is 0.0963. The van der Waals surface area contributed by atoms with Crippen LogP contribution in [0.25, 0.3) is 0 Å². The number of amides is 1. The molecule has 1 amide bonds. The zero-order valence-corrected chi connectivity index (χ0v) is 13.3. The quantitative estimate of drug-likeness (QED) is 0.741. The van der Waals surface area contributed by atoms with Crippen LogP contribution in [0.3, 0.4) is 0 Å². The van der Waals surface area contributed by atoms with Crippen molar-refractivity contribution in [3.63, 3.8) is 0 Å². The van der Waals surface area contributed by atoms with Gasteiger partial charge in [0, 0.05) is 28.8 Å². The summed E-state index contributed by atoms with van der Waals surface area (Å²) in [5, 5.41) is 5.78. The molecule has 5 nitrogen and oxygen atoms in total. The molecule has 0 aliphatic heterocycles. The van der Waals surface area contributed by atoms with Gasteiger partial charge in [-0.1, -0.05) is 15.9 Å². The van der Waals surface area contributed by atoms with Crippen LogP contribution < -0.4 is 21.1 Å². The molecule has 0 aliphatic carbocycles. The van der Waals surface area contributed by atoms with Crippen LogP contribution in [0, 0.1) is 0 Å². The topological polar surface area (TPSA) is 76.4 Å². The number of halogens is 1. The van der Waals surface area contributed by atoms with Crippen molar-refractivity contribution >= 4 is 38.9 Å². The van der Waals surface area contributed by atoms with Crippen molar-refractivity contribution in [1.82, 2.24) is 5.32 Å². The van der Waals surface area contributed by atoms with Crippen molar-refractivity contribution in [1.29, 1.82) is 0 Å². The summed E-state index contributed by atoms with van der Waals surface area (Å²) < 4.78 is 6.10. The molecule has 0 aliphatic rings. The van der Waals surface area contributed by atoms with E-state index < -0.39 is 0 Å². The Balaban J connectivity index is 2.34. The number of carbonyl (C=O) groups is 1. The maximum Gasteiger partial charge on any atom is 0.251 e. The van der Waals surface area contributed by atoms with E-state index >= 15 is 0 Å². The molecule has 2 rings (SSSR count). The van der Waals surface area contributed by atoms with Crippen LogP contribution in [-0.2, 0) is 0 Å². The zero-order valence-electron chi connectivity index (χ0n) is 11.7. The molecule has 0 saturated carbocycles. The summed E-state index contributed by atoms with van der Waals surface area (Å²) in [7, 11) is 3.19. The minimum absolute atomic E-state index is 0.162. The monoisotopic (exact) mass is 349 g/mol. The Morgan fingerprint density at radius 2 is 2.00 bits per heavy atom. The number of nitrogens with two attached hydrogens (primary N) is 1. The minimum Gasteiger partial charge on any atom is -0.497 e. The number of ether oxygens (including phenoxy) is 1. The molecule has 0 atom stereocenters. The Kier molecular flexibility index (Phi) is 4.70. The molecule has 0 saturated heterocycles. The number of nitrogens with one attached hydrogen (secondary N) is 2. The molecule has 0 unspecified atom stereocenters. The molecule has 0 spiro atoms. The van der Waals surface area contributed by atoms with Crippen molar-refractivity contribution in [2.24, 2.45) is 0 Å². The Bertz CT molecular complexity index is 674. The van der Waals surface area contributed by atoms with Gasteiger partial charge in [-0.05, 0) is 30.3 Å². The lowest BCUT2D eigenvalue weighted by Crippen LogP contribution is -2.17. The normalized spacial score (nSPS) is 10.0. The van der Waals surface area contributed by atoms with E-state index in [2.05, 4.69) is 26.6 Å². The second kappa shape index (κ2) is 6.49. The standard InChI is InChI=1S/C15H16BrN3O2/c1-18-15(20)9-3-4-13(17)14(5-9)19-11-6-10(16)7-12(8-11)21-2/h3-8,19H,17H2,1-2H3,(H,18,20). The molecule has 0 fully saturated rings. The largest absolute Gasteiger partial charge is 0.497 e. The smallest absolute Gasteiger partial charge is 0.251 e. The van der Waals surface area contributed by atoms with E-state index in [1.807, 2.05) is 18.2 Å². The molecular formula is C15H16BrN3O2. The van der Waals surface area contributed by atoms with Crippen LogP contribution in [-0.4, -0.2) is 20.1 Å². The fraction of sp³-hybridized carbons (Fsp3) is 0.133. The summed E-state index contributed by atoms with van der Waals surface area (Å²) in [6.07, 6.45) is 0. The molecule has 0 heterocycles. The van der Waals surface area contributed by atoms with E-state index in [1.165, 1.54) is 0 Å². The maximum atomic E-state index is 11.7. The predicted molar refractivity (Wildman–Crippen MR) is 88.2 cm³/mol. The highest BCUT2D eigenvalue weighted by Gasteiger charge is 2.08. The van der Waals surface area contributed by atoms with Crippen molar-refractivity contribution < 1.29 is 9.53 Å². The Morgan fingerprint density at radius 3 is 2.67 bits per heavy atom. The summed E-state index contributed by atoms with van der Waals surface area (Å²) >= 11 is 3.42. The van der Waals surface area contributed by atoms with Gasteiger partial charge in [-0.3, -0.25) is 4.79 Å². The summed E-state index contributed by atoms with van der Waals surface area (Å²) in [5.41, 5.74) is 8.52. The molecule has 2 aromatic rings. The molecule has 6 heteroatoms. The van der Waals surface area contributed by atoms with Crippen molar-refractivity contribution in [2.45, 2.75) is 0 Å². The average molecular weight is 350 g/mol. The first-order valence-corrected chi connectivity index (χ1v) is 7.06. The highest BCUT2D eigenvalue weighted by molar-refractivity contribution is 9.10. The molecule has 0 aromatic heterocycles. The molecule has 0 bridgehead atoms. The second-order valence-corrected chi connectivity index (χ2v) is 5.30. The summed E-state index contributed by atoms with van der Waals surface area (Å²) in [6.45, 7) is 0. The third-order valence-electron chi connectivity index (χ3n) is 2.93. The van der Waals surface area contributed by atoms with E-state index in [0.717, 1.165) is 10.2 Å². The van der Waals surface area contributed by atoms with Gasteiger partial charge in [0.25, 0.3) is 5.91 Å². The van der Waals surface area contributed by atoms with Gasteiger partial charge in [-0.25, -0.2) is 0 Å². The van der Waals surface area contributed by atoms with Gasteiger partial charge in [0.15, 0.2) is 0 Å². The highest BCUT2D eigenvalue weighted by Crippen LogP contribution is 2.29. The third kappa shape index (κ3) is 3.66. The summed E-state index contributed by atoms with van der Waals surface area (Å²) in [4.78, 5) is 11.7. The van der Waals surface area contributed by atoms with Gasteiger partial charge in [0.05, 0.1) is 18.5 Å². The molecule has 21 heavy (non-hydrogen) atoms. The Labute approximate surface area is 131 Å². The van der Waals surface area contributed by atoms with Gasteiger partial charge in [-0.2, -0.15) is 0 Å². The number of rotatable bonds is 4. The highest BCUT2D eigenvalue weighted by atomic mass is 79.9. The number of hydrogen-bond donors (Lipinski definition) is 3. The summed E-state index contributed by atoms with van der Waals surface area (Å²) in [6, 6.07) is 10.7. The van der Waals surface area contributed by atoms with Gasteiger partial charge in [0.1, 0.15) is 5.75 Å². The molecular weight excluding hydrogens is 334 g/mol.